The van der Waals surface area contributed by atoms with Crippen LogP contribution in [0.4, 0.5) is 5.69 Å². The minimum Gasteiger partial charge on any atom is -0.392 e. The predicted molar refractivity (Wildman–Crippen MR) is 91.7 cm³/mol. The number of rotatable bonds is 3. The maximum Gasteiger partial charge on any atom is 0.236 e. The fourth-order valence-electron chi connectivity index (χ4n) is 3.50. The lowest BCUT2D eigenvalue weighted by atomic mass is 10.1. The van der Waals surface area contributed by atoms with Crippen molar-refractivity contribution in [3.63, 3.8) is 0 Å². The van der Waals surface area contributed by atoms with Crippen LogP contribution in [0.25, 0.3) is 0 Å². The molecule has 1 atom stereocenters. The number of piperazine rings is 1. The zero-order valence-electron chi connectivity index (χ0n) is 13.9. The molecule has 0 saturated carbocycles. The lowest BCUT2D eigenvalue weighted by Gasteiger charge is -2.38. The van der Waals surface area contributed by atoms with E-state index < -0.39 is 0 Å². The molecule has 2 fully saturated rings. The van der Waals surface area contributed by atoms with Crippen molar-refractivity contribution < 1.29 is 9.90 Å². The Morgan fingerprint density at radius 1 is 1.22 bits per heavy atom. The molecule has 5 nitrogen and oxygen atoms in total. The molecule has 0 spiro atoms. The molecule has 0 bridgehead atoms. The lowest BCUT2D eigenvalue weighted by molar-refractivity contribution is -0.133. The number of carbonyl (C=O) groups is 1. The number of likely N-dealkylation sites (tertiary alicyclic amines) is 1. The smallest absolute Gasteiger partial charge is 0.236 e. The number of hydrogen-bond donors (Lipinski definition) is 1. The molecule has 126 valence electrons. The number of carbonyl (C=O) groups excluding carboxylic acids is 1. The molecule has 1 aromatic rings. The quantitative estimate of drug-likeness (QED) is 0.907. The summed E-state index contributed by atoms with van der Waals surface area (Å²) in [7, 11) is 0. The van der Waals surface area contributed by atoms with Gasteiger partial charge in [-0.3, -0.25) is 9.69 Å². The number of piperidine rings is 1. The van der Waals surface area contributed by atoms with Crippen molar-refractivity contribution in [2.45, 2.75) is 25.9 Å². The van der Waals surface area contributed by atoms with Gasteiger partial charge in [0.1, 0.15) is 0 Å². The van der Waals surface area contributed by atoms with Crippen molar-refractivity contribution >= 4 is 11.6 Å². The summed E-state index contributed by atoms with van der Waals surface area (Å²) in [5, 5.41) is 9.71. The summed E-state index contributed by atoms with van der Waals surface area (Å²) in [6.45, 7) is 7.45. The minimum atomic E-state index is -0.269. The van der Waals surface area contributed by atoms with E-state index in [1.54, 1.807) is 0 Å². The Morgan fingerprint density at radius 3 is 2.70 bits per heavy atom. The second kappa shape index (κ2) is 7.32. The molecule has 23 heavy (non-hydrogen) atoms. The Hall–Kier alpha value is -1.59. The van der Waals surface area contributed by atoms with Gasteiger partial charge in [0.05, 0.1) is 12.6 Å². The van der Waals surface area contributed by atoms with Gasteiger partial charge in [0.25, 0.3) is 0 Å². The van der Waals surface area contributed by atoms with Crippen LogP contribution in [-0.2, 0) is 4.79 Å². The number of anilines is 1. The lowest BCUT2D eigenvalue weighted by Crippen LogP contribution is -2.52. The van der Waals surface area contributed by atoms with Crippen LogP contribution >= 0.6 is 0 Å². The number of aliphatic hydroxyl groups is 1. The monoisotopic (exact) mass is 317 g/mol. The molecular weight excluding hydrogens is 290 g/mol. The zero-order valence-corrected chi connectivity index (χ0v) is 13.9. The number of benzene rings is 1. The summed E-state index contributed by atoms with van der Waals surface area (Å²) in [6.07, 6.45) is 1.57. The highest BCUT2D eigenvalue weighted by molar-refractivity contribution is 5.78. The average molecular weight is 317 g/mol. The molecule has 0 radical (unpaired) electrons. The van der Waals surface area contributed by atoms with E-state index >= 15 is 0 Å². The number of amides is 1. The van der Waals surface area contributed by atoms with Gasteiger partial charge in [0, 0.05) is 38.4 Å². The van der Waals surface area contributed by atoms with Crippen LogP contribution in [-0.4, -0.2) is 72.7 Å². The summed E-state index contributed by atoms with van der Waals surface area (Å²) in [6, 6.07) is 8.53. The fraction of sp³-hybridized carbons (Fsp3) is 0.611. The highest BCUT2D eigenvalue weighted by Gasteiger charge is 2.25. The van der Waals surface area contributed by atoms with E-state index in [0.29, 0.717) is 13.1 Å². The highest BCUT2D eigenvalue weighted by atomic mass is 16.3. The molecule has 2 aliphatic heterocycles. The summed E-state index contributed by atoms with van der Waals surface area (Å²) in [5.41, 5.74) is 2.51. The van der Waals surface area contributed by atoms with Crippen LogP contribution in [0.15, 0.2) is 24.3 Å². The van der Waals surface area contributed by atoms with E-state index in [4.69, 9.17) is 0 Å². The average Bonchev–Trinajstić information content (AvgIpc) is 2.55. The second-order valence-corrected chi connectivity index (χ2v) is 6.74. The first-order valence-electron chi connectivity index (χ1n) is 8.61. The first-order chi connectivity index (χ1) is 11.1. The van der Waals surface area contributed by atoms with Gasteiger partial charge in [-0.25, -0.2) is 0 Å². The number of nitrogens with zero attached hydrogens (tertiary/aromatic N) is 3. The Balaban J connectivity index is 1.49. The van der Waals surface area contributed by atoms with Crippen molar-refractivity contribution in [1.82, 2.24) is 9.80 Å². The Bertz CT molecular complexity index is 541. The largest absolute Gasteiger partial charge is 0.392 e. The summed E-state index contributed by atoms with van der Waals surface area (Å²) >= 11 is 0. The van der Waals surface area contributed by atoms with Crippen LogP contribution < -0.4 is 4.90 Å². The topological polar surface area (TPSA) is 47.0 Å². The maximum atomic E-state index is 12.5. The van der Waals surface area contributed by atoms with Crippen molar-refractivity contribution in [3.05, 3.63) is 29.8 Å². The first-order valence-corrected chi connectivity index (χ1v) is 8.61. The van der Waals surface area contributed by atoms with Crippen molar-refractivity contribution in [1.29, 1.82) is 0 Å². The molecule has 1 unspecified atom stereocenters. The molecule has 0 aliphatic carbocycles. The van der Waals surface area contributed by atoms with Crippen LogP contribution in [0, 0.1) is 6.92 Å². The Kier molecular flexibility index (Phi) is 5.18. The molecule has 3 rings (SSSR count). The number of β-amino-alcohol motifs (C(OH)–C–C–N with tert-alkyl or cyclic N) is 1. The van der Waals surface area contributed by atoms with E-state index in [2.05, 4.69) is 41.0 Å². The second-order valence-electron chi connectivity index (χ2n) is 6.74. The normalized spacial score (nSPS) is 23.1. The maximum absolute atomic E-state index is 12.5. The van der Waals surface area contributed by atoms with Gasteiger partial charge in [-0.2, -0.15) is 0 Å². The van der Waals surface area contributed by atoms with Gasteiger partial charge in [0.15, 0.2) is 0 Å². The third-order valence-electron chi connectivity index (χ3n) is 4.84. The third kappa shape index (κ3) is 4.24. The van der Waals surface area contributed by atoms with E-state index in [9.17, 15) is 9.90 Å². The van der Waals surface area contributed by atoms with Crippen LogP contribution in [0.5, 0.6) is 0 Å². The van der Waals surface area contributed by atoms with Gasteiger partial charge < -0.3 is 14.9 Å². The van der Waals surface area contributed by atoms with Gasteiger partial charge >= 0.3 is 0 Å². The standard InChI is InChI=1S/C18H27N3O2/c1-15-4-2-5-16(12-15)20-8-10-21(11-9-20)18(23)14-19-7-3-6-17(22)13-19/h2,4-5,12,17,22H,3,6-11,13-14H2,1H3. The van der Waals surface area contributed by atoms with Gasteiger partial charge in [-0.1, -0.05) is 12.1 Å². The molecule has 2 saturated heterocycles. The van der Waals surface area contributed by atoms with E-state index in [0.717, 1.165) is 45.6 Å². The van der Waals surface area contributed by atoms with Crippen LogP contribution in [0.2, 0.25) is 0 Å². The molecule has 1 aromatic carbocycles. The van der Waals surface area contributed by atoms with E-state index in [-0.39, 0.29) is 12.0 Å². The van der Waals surface area contributed by atoms with Crippen molar-refractivity contribution in [2.75, 3.05) is 50.7 Å². The highest BCUT2D eigenvalue weighted by Crippen LogP contribution is 2.18. The molecule has 0 aromatic heterocycles. The first kappa shape index (κ1) is 16.3. The van der Waals surface area contributed by atoms with Crippen molar-refractivity contribution in [2.24, 2.45) is 0 Å². The summed E-state index contributed by atoms with van der Waals surface area (Å²) in [5.74, 6) is 0.197. The summed E-state index contributed by atoms with van der Waals surface area (Å²) in [4.78, 5) is 18.9. The minimum absolute atomic E-state index is 0.197. The Labute approximate surface area is 138 Å². The molecule has 2 aliphatic rings. The van der Waals surface area contributed by atoms with Gasteiger partial charge in [0.2, 0.25) is 5.91 Å². The van der Waals surface area contributed by atoms with E-state index in [1.165, 1.54) is 11.3 Å². The number of aryl methyl sites for hydroxylation is 1. The number of hydrogen-bond acceptors (Lipinski definition) is 4. The van der Waals surface area contributed by atoms with E-state index in [1.807, 2.05) is 4.90 Å². The van der Waals surface area contributed by atoms with Gasteiger partial charge in [-0.05, 0) is 44.0 Å². The van der Waals surface area contributed by atoms with Crippen LogP contribution in [0.3, 0.4) is 0 Å². The molecular formula is C18H27N3O2. The van der Waals surface area contributed by atoms with Crippen LogP contribution in [0.1, 0.15) is 18.4 Å². The predicted octanol–water partition coefficient (Wildman–Crippen LogP) is 1.10. The molecule has 2 heterocycles. The molecule has 1 N–H and O–H groups in total. The molecule has 5 heteroatoms. The zero-order chi connectivity index (χ0) is 16.2. The SMILES string of the molecule is Cc1cccc(N2CCN(C(=O)CN3CCCC(O)C3)CC2)c1. The fourth-order valence-corrected chi connectivity index (χ4v) is 3.50. The van der Waals surface area contributed by atoms with Gasteiger partial charge in [-0.15, -0.1) is 0 Å². The Morgan fingerprint density at radius 2 is 2.00 bits per heavy atom. The molecule has 1 amide bonds. The summed E-state index contributed by atoms with van der Waals surface area (Å²) < 4.78 is 0. The third-order valence-corrected chi connectivity index (χ3v) is 4.84. The number of aliphatic hydroxyl groups excluding tert-OH is 1. The van der Waals surface area contributed by atoms with Crippen molar-refractivity contribution in [3.8, 4) is 0 Å².